The van der Waals surface area contributed by atoms with E-state index in [1.165, 1.54) is 7.11 Å². The molecule has 0 amide bonds. The SMILES string of the molecule is COc1cc(/C=C2\N=C(c3ccc(-c4ccccc4)cc3)OC2=O)ccc1OC(=O)c1ccccc1C. The topological polar surface area (TPSA) is 74.2 Å². The minimum atomic E-state index is -0.545. The summed E-state index contributed by atoms with van der Waals surface area (Å²) < 4.78 is 16.4. The van der Waals surface area contributed by atoms with Crippen molar-refractivity contribution < 1.29 is 23.8 Å². The molecule has 0 radical (unpaired) electrons. The Morgan fingerprint density at radius 2 is 1.49 bits per heavy atom. The molecule has 0 N–H and O–H groups in total. The van der Waals surface area contributed by atoms with Crippen LogP contribution in [-0.4, -0.2) is 24.9 Å². The molecule has 0 atom stereocenters. The summed E-state index contributed by atoms with van der Waals surface area (Å²) in [7, 11) is 1.48. The van der Waals surface area contributed by atoms with Crippen molar-refractivity contribution in [3.63, 3.8) is 0 Å². The minimum Gasteiger partial charge on any atom is -0.493 e. The number of rotatable bonds is 6. The van der Waals surface area contributed by atoms with E-state index in [0.717, 1.165) is 16.7 Å². The number of methoxy groups -OCH3 is 1. The number of hydrogen-bond donors (Lipinski definition) is 0. The van der Waals surface area contributed by atoms with Crippen LogP contribution in [0.25, 0.3) is 17.2 Å². The molecular weight excluding hydrogens is 466 g/mol. The molecule has 0 unspecified atom stereocenters. The second-order valence-electron chi connectivity index (χ2n) is 8.39. The fourth-order valence-corrected chi connectivity index (χ4v) is 3.94. The van der Waals surface area contributed by atoms with Crippen molar-refractivity contribution in [2.45, 2.75) is 6.92 Å². The summed E-state index contributed by atoms with van der Waals surface area (Å²) in [6.07, 6.45) is 1.60. The van der Waals surface area contributed by atoms with Crippen molar-refractivity contribution in [3.8, 4) is 22.6 Å². The number of cyclic esters (lactones) is 1. The molecule has 182 valence electrons. The first kappa shape index (κ1) is 23.8. The van der Waals surface area contributed by atoms with Gasteiger partial charge in [0.2, 0.25) is 5.90 Å². The monoisotopic (exact) mass is 489 g/mol. The predicted molar refractivity (Wildman–Crippen MR) is 142 cm³/mol. The zero-order valence-electron chi connectivity index (χ0n) is 20.3. The molecule has 0 bridgehead atoms. The van der Waals surface area contributed by atoms with Crippen LogP contribution in [0.2, 0.25) is 0 Å². The molecule has 4 aromatic carbocycles. The quantitative estimate of drug-likeness (QED) is 0.182. The minimum absolute atomic E-state index is 0.161. The molecule has 0 saturated heterocycles. The van der Waals surface area contributed by atoms with Gasteiger partial charge >= 0.3 is 11.9 Å². The van der Waals surface area contributed by atoms with Gasteiger partial charge in [0.15, 0.2) is 17.2 Å². The summed E-state index contributed by atoms with van der Waals surface area (Å²) in [5.41, 5.74) is 4.95. The van der Waals surface area contributed by atoms with Crippen molar-refractivity contribution >= 4 is 23.9 Å². The number of nitrogens with zero attached hydrogens (tertiary/aromatic N) is 1. The Morgan fingerprint density at radius 3 is 2.22 bits per heavy atom. The highest BCUT2D eigenvalue weighted by molar-refractivity contribution is 6.13. The Labute approximate surface area is 214 Å². The molecule has 0 saturated carbocycles. The number of carbonyl (C=O) groups is 2. The van der Waals surface area contributed by atoms with Gasteiger partial charge in [0.25, 0.3) is 0 Å². The van der Waals surface area contributed by atoms with Gasteiger partial charge in [-0.05, 0) is 65.6 Å². The van der Waals surface area contributed by atoms with Crippen LogP contribution in [0.1, 0.15) is 27.0 Å². The third-order valence-electron chi connectivity index (χ3n) is 5.92. The summed E-state index contributed by atoms with van der Waals surface area (Å²) in [4.78, 5) is 29.5. The number of hydrogen-bond acceptors (Lipinski definition) is 6. The summed E-state index contributed by atoms with van der Waals surface area (Å²) >= 11 is 0. The van der Waals surface area contributed by atoms with Crippen LogP contribution >= 0.6 is 0 Å². The maximum atomic E-state index is 12.6. The van der Waals surface area contributed by atoms with Gasteiger partial charge in [-0.15, -0.1) is 0 Å². The van der Waals surface area contributed by atoms with Gasteiger partial charge in [-0.3, -0.25) is 0 Å². The maximum absolute atomic E-state index is 12.6. The number of aryl methyl sites for hydroxylation is 1. The summed E-state index contributed by atoms with van der Waals surface area (Å²) in [6, 6.07) is 29.9. The molecule has 0 spiro atoms. The molecule has 1 heterocycles. The van der Waals surface area contributed by atoms with E-state index in [1.807, 2.05) is 73.7 Å². The highest BCUT2D eigenvalue weighted by Gasteiger charge is 2.24. The van der Waals surface area contributed by atoms with E-state index in [4.69, 9.17) is 14.2 Å². The first-order valence-corrected chi connectivity index (χ1v) is 11.7. The largest absolute Gasteiger partial charge is 0.493 e. The number of aliphatic imine (C=N–C) groups is 1. The number of esters is 2. The lowest BCUT2D eigenvalue weighted by Crippen LogP contribution is -2.10. The molecule has 1 aliphatic heterocycles. The number of benzene rings is 4. The Balaban J connectivity index is 1.36. The van der Waals surface area contributed by atoms with Crippen molar-refractivity contribution in [1.29, 1.82) is 0 Å². The molecule has 6 nitrogen and oxygen atoms in total. The third kappa shape index (κ3) is 5.18. The van der Waals surface area contributed by atoms with E-state index in [9.17, 15) is 9.59 Å². The first-order valence-electron chi connectivity index (χ1n) is 11.7. The van der Waals surface area contributed by atoms with E-state index in [0.29, 0.717) is 22.4 Å². The lowest BCUT2D eigenvalue weighted by Gasteiger charge is -2.11. The van der Waals surface area contributed by atoms with Crippen LogP contribution in [0.4, 0.5) is 0 Å². The summed E-state index contributed by atoms with van der Waals surface area (Å²) in [5.74, 6) is -0.157. The highest BCUT2D eigenvalue weighted by atomic mass is 16.6. The van der Waals surface area contributed by atoms with Crippen LogP contribution in [-0.2, 0) is 9.53 Å². The Morgan fingerprint density at radius 1 is 0.811 bits per heavy atom. The summed E-state index contributed by atoms with van der Waals surface area (Å²) in [5, 5.41) is 0. The highest BCUT2D eigenvalue weighted by Crippen LogP contribution is 2.31. The fourth-order valence-electron chi connectivity index (χ4n) is 3.94. The normalized spacial score (nSPS) is 13.7. The summed E-state index contributed by atoms with van der Waals surface area (Å²) in [6.45, 7) is 1.84. The number of carbonyl (C=O) groups excluding carboxylic acids is 2. The average Bonchev–Trinajstić information content (AvgIpc) is 3.30. The van der Waals surface area contributed by atoms with Gasteiger partial charge in [-0.1, -0.05) is 66.7 Å². The van der Waals surface area contributed by atoms with E-state index in [1.54, 1.807) is 36.4 Å². The second-order valence-corrected chi connectivity index (χ2v) is 8.39. The Hall–Kier alpha value is -4.97. The zero-order valence-corrected chi connectivity index (χ0v) is 20.3. The van der Waals surface area contributed by atoms with E-state index < -0.39 is 11.9 Å². The molecule has 5 rings (SSSR count). The van der Waals surface area contributed by atoms with Crippen LogP contribution in [0.5, 0.6) is 11.5 Å². The van der Waals surface area contributed by atoms with Crippen molar-refractivity contribution in [1.82, 2.24) is 0 Å². The van der Waals surface area contributed by atoms with Crippen molar-refractivity contribution in [3.05, 3.63) is 125 Å². The van der Waals surface area contributed by atoms with Gasteiger partial charge in [0, 0.05) is 5.56 Å². The van der Waals surface area contributed by atoms with Crippen molar-refractivity contribution in [2.24, 2.45) is 4.99 Å². The zero-order chi connectivity index (χ0) is 25.8. The standard InChI is InChI=1S/C31H23NO5/c1-20-8-6-7-11-25(20)30(33)36-27-17-12-21(19-28(27)35-2)18-26-31(34)37-29(32-26)24-15-13-23(14-16-24)22-9-4-3-5-10-22/h3-19H,1-2H3/b26-18-. The van der Waals surface area contributed by atoms with Crippen LogP contribution in [0.15, 0.2) is 108 Å². The van der Waals surface area contributed by atoms with Gasteiger partial charge in [-0.25, -0.2) is 14.6 Å². The molecule has 4 aromatic rings. The second kappa shape index (κ2) is 10.3. The molecule has 0 fully saturated rings. The Kier molecular flexibility index (Phi) is 6.64. The molecule has 0 aromatic heterocycles. The van der Waals surface area contributed by atoms with E-state index >= 15 is 0 Å². The van der Waals surface area contributed by atoms with E-state index in [2.05, 4.69) is 4.99 Å². The van der Waals surface area contributed by atoms with Gasteiger partial charge in [-0.2, -0.15) is 0 Å². The lowest BCUT2D eigenvalue weighted by atomic mass is 10.0. The van der Waals surface area contributed by atoms with Crippen LogP contribution < -0.4 is 9.47 Å². The predicted octanol–water partition coefficient (Wildman–Crippen LogP) is 6.23. The van der Waals surface area contributed by atoms with Crippen molar-refractivity contribution in [2.75, 3.05) is 7.11 Å². The van der Waals surface area contributed by atoms with Gasteiger partial charge in [0.05, 0.1) is 12.7 Å². The van der Waals surface area contributed by atoms with Gasteiger partial charge in [0.1, 0.15) is 0 Å². The first-order chi connectivity index (χ1) is 18.0. The lowest BCUT2D eigenvalue weighted by molar-refractivity contribution is -0.129. The van der Waals surface area contributed by atoms with Crippen LogP contribution in [0, 0.1) is 6.92 Å². The fraction of sp³-hybridized carbons (Fsp3) is 0.0645. The van der Waals surface area contributed by atoms with Gasteiger partial charge < -0.3 is 14.2 Å². The molecule has 6 heteroatoms. The van der Waals surface area contributed by atoms with Crippen LogP contribution in [0.3, 0.4) is 0 Å². The average molecular weight is 490 g/mol. The third-order valence-corrected chi connectivity index (χ3v) is 5.92. The Bertz CT molecular complexity index is 1540. The molecule has 0 aliphatic carbocycles. The molecule has 37 heavy (non-hydrogen) atoms. The smallest absolute Gasteiger partial charge is 0.363 e. The number of ether oxygens (including phenoxy) is 3. The molecule has 1 aliphatic rings. The maximum Gasteiger partial charge on any atom is 0.363 e. The molecular formula is C31H23NO5. The van der Waals surface area contributed by atoms with E-state index in [-0.39, 0.29) is 17.3 Å².